The Morgan fingerprint density at radius 1 is 0.724 bits per heavy atom. The molecule has 1 aliphatic carbocycles. The number of rotatable bonds is 3. The number of benzene rings is 3. The van der Waals surface area contributed by atoms with E-state index in [0.717, 1.165) is 10.8 Å². The van der Waals surface area contributed by atoms with Crippen molar-refractivity contribution in [2.45, 2.75) is 45.4 Å². The molecule has 0 bridgehead atoms. The molecule has 0 saturated carbocycles. The molecular formula is C26H26O3. The zero-order valence-corrected chi connectivity index (χ0v) is 17.5. The monoisotopic (exact) mass is 386 g/mol. The lowest BCUT2D eigenvalue weighted by molar-refractivity contribution is 0.0697. The number of carboxylic acids is 1. The van der Waals surface area contributed by atoms with Crippen molar-refractivity contribution >= 4 is 22.5 Å². The molecule has 0 aromatic heterocycles. The SMILES string of the molecule is CC1C(C)(C)c2ccc(C(=O)c3ccc4cc(C(=O)O)ccc4c3)cc2C1(C)C. The minimum Gasteiger partial charge on any atom is -0.478 e. The maximum atomic E-state index is 13.2. The van der Waals surface area contributed by atoms with Crippen molar-refractivity contribution in [2.24, 2.45) is 5.92 Å². The van der Waals surface area contributed by atoms with Crippen molar-refractivity contribution in [2.75, 3.05) is 0 Å². The van der Waals surface area contributed by atoms with Crippen molar-refractivity contribution in [1.82, 2.24) is 0 Å². The predicted octanol–water partition coefficient (Wildman–Crippen LogP) is 5.97. The highest BCUT2D eigenvalue weighted by atomic mass is 16.4. The van der Waals surface area contributed by atoms with Gasteiger partial charge in [-0.15, -0.1) is 0 Å². The van der Waals surface area contributed by atoms with Crippen LogP contribution in [0.5, 0.6) is 0 Å². The Labute approximate surface area is 171 Å². The Morgan fingerprint density at radius 3 is 1.83 bits per heavy atom. The third kappa shape index (κ3) is 2.88. The summed E-state index contributed by atoms with van der Waals surface area (Å²) in [6, 6.07) is 16.5. The predicted molar refractivity (Wildman–Crippen MR) is 116 cm³/mol. The van der Waals surface area contributed by atoms with E-state index < -0.39 is 5.97 Å². The molecule has 0 saturated heterocycles. The van der Waals surface area contributed by atoms with Gasteiger partial charge in [0.15, 0.2) is 5.78 Å². The number of carbonyl (C=O) groups excluding carboxylic acids is 1. The van der Waals surface area contributed by atoms with Gasteiger partial charge in [-0.25, -0.2) is 4.79 Å². The Balaban J connectivity index is 1.75. The van der Waals surface area contributed by atoms with Crippen LogP contribution in [0.4, 0.5) is 0 Å². The molecule has 29 heavy (non-hydrogen) atoms. The normalized spacial score (nSPS) is 19.1. The molecule has 0 aliphatic heterocycles. The summed E-state index contributed by atoms with van der Waals surface area (Å²) >= 11 is 0. The Kier molecular flexibility index (Phi) is 4.20. The van der Waals surface area contributed by atoms with E-state index in [1.54, 1.807) is 24.3 Å². The number of carbonyl (C=O) groups is 2. The molecule has 3 nitrogen and oxygen atoms in total. The van der Waals surface area contributed by atoms with Crippen molar-refractivity contribution in [3.8, 4) is 0 Å². The molecule has 3 aromatic rings. The Bertz CT molecular complexity index is 1170. The maximum absolute atomic E-state index is 13.2. The lowest BCUT2D eigenvalue weighted by atomic mass is 9.71. The molecule has 0 heterocycles. The molecule has 1 N–H and O–H groups in total. The summed E-state index contributed by atoms with van der Waals surface area (Å²) in [5.41, 5.74) is 4.22. The van der Waals surface area contributed by atoms with E-state index in [0.29, 0.717) is 17.0 Å². The van der Waals surface area contributed by atoms with Gasteiger partial charge in [0.2, 0.25) is 0 Å². The molecule has 0 amide bonds. The average molecular weight is 386 g/mol. The van der Waals surface area contributed by atoms with Crippen LogP contribution in [-0.4, -0.2) is 16.9 Å². The molecule has 1 aliphatic rings. The van der Waals surface area contributed by atoms with Crippen LogP contribution in [0.2, 0.25) is 0 Å². The molecule has 0 fully saturated rings. The van der Waals surface area contributed by atoms with E-state index in [-0.39, 0.29) is 22.2 Å². The third-order valence-electron chi connectivity index (χ3n) is 7.18. The summed E-state index contributed by atoms with van der Waals surface area (Å²) < 4.78 is 0. The number of hydrogen-bond acceptors (Lipinski definition) is 2. The third-order valence-corrected chi connectivity index (χ3v) is 7.18. The van der Waals surface area contributed by atoms with Crippen LogP contribution in [0.25, 0.3) is 10.8 Å². The highest BCUT2D eigenvalue weighted by Crippen LogP contribution is 2.53. The minimum absolute atomic E-state index is 0.00570. The molecule has 0 radical (unpaired) electrons. The van der Waals surface area contributed by atoms with Crippen LogP contribution in [-0.2, 0) is 10.8 Å². The first-order valence-electron chi connectivity index (χ1n) is 10.0. The van der Waals surface area contributed by atoms with Gasteiger partial charge in [-0.05, 0) is 62.9 Å². The van der Waals surface area contributed by atoms with E-state index in [2.05, 4.69) is 46.8 Å². The van der Waals surface area contributed by atoms with Gasteiger partial charge in [-0.3, -0.25) is 4.79 Å². The van der Waals surface area contributed by atoms with E-state index >= 15 is 0 Å². The molecular weight excluding hydrogens is 360 g/mol. The molecule has 4 rings (SSSR count). The van der Waals surface area contributed by atoms with Gasteiger partial charge in [0, 0.05) is 11.1 Å². The van der Waals surface area contributed by atoms with Crippen molar-refractivity contribution < 1.29 is 14.7 Å². The highest BCUT2D eigenvalue weighted by molar-refractivity contribution is 6.11. The Morgan fingerprint density at radius 2 is 1.21 bits per heavy atom. The molecule has 148 valence electrons. The fourth-order valence-electron chi connectivity index (χ4n) is 4.84. The summed E-state index contributed by atoms with van der Waals surface area (Å²) in [4.78, 5) is 24.4. The van der Waals surface area contributed by atoms with Crippen molar-refractivity contribution in [3.63, 3.8) is 0 Å². The van der Waals surface area contributed by atoms with Crippen LogP contribution in [0.1, 0.15) is 72.0 Å². The lowest BCUT2D eigenvalue weighted by Gasteiger charge is -2.32. The van der Waals surface area contributed by atoms with Gasteiger partial charge in [-0.2, -0.15) is 0 Å². The van der Waals surface area contributed by atoms with Crippen LogP contribution in [0.15, 0.2) is 54.6 Å². The first-order chi connectivity index (χ1) is 13.5. The fraction of sp³-hybridized carbons (Fsp3) is 0.308. The van der Waals surface area contributed by atoms with E-state index in [1.807, 2.05) is 18.2 Å². The number of hydrogen-bond donors (Lipinski definition) is 1. The summed E-state index contributed by atoms with van der Waals surface area (Å²) in [5.74, 6) is -0.491. The van der Waals surface area contributed by atoms with Gasteiger partial charge < -0.3 is 5.11 Å². The van der Waals surface area contributed by atoms with Crippen LogP contribution >= 0.6 is 0 Å². The highest BCUT2D eigenvalue weighted by Gasteiger charge is 2.48. The largest absolute Gasteiger partial charge is 0.478 e. The van der Waals surface area contributed by atoms with E-state index in [9.17, 15) is 9.59 Å². The van der Waals surface area contributed by atoms with Gasteiger partial charge >= 0.3 is 5.97 Å². The second-order valence-electron chi connectivity index (χ2n) is 9.34. The summed E-state index contributed by atoms with van der Waals surface area (Å²) in [6.45, 7) is 11.4. The first kappa shape index (κ1) is 19.4. The first-order valence-corrected chi connectivity index (χ1v) is 10.0. The summed E-state index contributed by atoms with van der Waals surface area (Å²) in [6.07, 6.45) is 0. The molecule has 1 unspecified atom stereocenters. The van der Waals surface area contributed by atoms with Crippen LogP contribution in [0, 0.1) is 5.92 Å². The number of ketones is 1. The second-order valence-corrected chi connectivity index (χ2v) is 9.34. The van der Waals surface area contributed by atoms with Crippen LogP contribution < -0.4 is 0 Å². The smallest absolute Gasteiger partial charge is 0.335 e. The zero-order valence-electron chi connectivity index (χ0n) is 17.5. The van der Waals surface area contributed by atoms with Crippen LogP contribution in [0.3, 0.4) is 0 Å². The number of aromatic carboxylic acids is 1. The van der Waals surface area contributed by atoms with E-state index in [4.69, 9.17) is 5.11 Å². The molecule has 1 atom stereocenters. The van der Waals surface area contributed by atoms with Gasteiger partial charge in [0.25, 0.3) is 0 Å². The standard InChI is InChI=1S/C26H26O3/c1-15-25(2,3)21-11-10-19(14-22(21)26(15,4)5)23(27)18-8-6-17-13-20(24(28)29)9-7-16(17)12-18/h6-15H,1-5H3,(H,28,29). The second kappa shape index (κ2) is 6.28. The lowest BCUT2D eigenvalue weighted by Crippen LogP contribution is -2.30. The van der Waals surface area contributed by atoms with Gasteiger partial charge in [0.05, 0.1) is 5.56 Å². The average Bonchev–Trinajstić information content (AvgIpc) is 2.83. The van der Waals surface area contributed by atoms with Crippen molar-refractivity contribution in [1.29, 1.82) is 0 Å². The van der Waals surface area contributed by atoms with Gasteiger partial charge in [0.1, 0.15) is 0 Å². The summed E-state index contributed by atoms with van der Waals surface area (Å²) in [7, 11) is 0. The maximum Gasteiger partial charge on any atom is 0.335 e. The molecule has 3 heteroatoms. The summed E-state index contributed by atoms with van der Waals surface area (Å²) in [5, 5.41) is 10.8. The van der Waals surface area contributed by atoms with Crippen molar-refractivity contribution in [3.05, 3.63) is 82.4 Å². The Hall–Kier alpha value is -2.94. The topological polar surface area (TPSA) is 54.4 Å². The number of carboxylic acid groups (broad SMARTS) is 1. The molecule has 0 spiro atoms. The van der Waals surface area contributed by atoms with E-state index in [1.165, 1.54) is 11.1 Å². The fourth-order valence-corrected chi connectivity index (χ4v) is 4.84. The van der Waals surface area contributed by atoms with Gasteiger partial charge in [-0.1, -0.05) is 65.0 Å². The number of fused-ring (bicyclic) bond motifs is 2. The molecule has 3 aromatic carbocycles. The zero-order chi connectivity index (χ0) is 21.1. The minimum atomic E-state index is -0.954. The quantitative estimate of drug-likeness (QED) is 0.564.